The second-order valence-corrected chi connectivity index (χ2v) is 5.69. The average Bonchev–Trinajstić information content (AvgIpc) is 2.52. The van der Waals surface area contributed by atoms with Crippen LogP contribution in [0.3, 0.4) is 0 Å². The molecule has 0 bridgehead atoms. The predicted molar refractivity (Wildman–Crippen MR) is 109 cm³/mol. The van der Waals surface area contributed by atoms with Crippen LogP contribution in [0.1, 0.15) is 25.3 Å². The standard InChI is InChI=1S/C19H26N2.HI/c1-4-5-14-21-15-12-18(13-16-21)7-6-17-8-10-19(11-9-17)20(2)3;/h6-13,15H,4-5,14,16H2,1-3H3;1H/b7-6+;. The van der Waals surface area contributed by atoms with E-state index < -0.39 is 0 Å². The maximum Gasteiger partial charge on any atom is 0.0362 e. The van der Waals surface area contributed by atoms with Crippen LogP contribution in [-0.4, -0.2) is 32.1 Å². The molecule has 1 aliphatic rings. The summed E-state index contributed by atoms with van der Waals surface area (Å²) < 4.78 is 0. The number of halogens is 1. The molecule has 0 spiro atoms. The van der Waals surface area contributed by atoms with Gasteiger partial charge in [-0.05, 0) is 42.0 Å². The van der Waals surface area contributed by atoms with E-state index in [0.29, 0.717) is 0 Å². The number of benzene rings is 1. The lowest BCUT2D eigenvalue weighted by Gasteiger charge is -2.21. The van der Waals surface area contributed by atoms with E-state index in [9.17, 15) is 0 Å². The Morgan fingerprint density at radius 3 is 2.41 bits per heavy atom. The van der Waals surface area contributed by atoms with Gasteiger partial charge in [0.2, 0.25) is 0 Å². The fourth-order valence-corrected chi connectivity index (χ4v) is 2.27. The fraction of sp³-hybridized carbons (Fsp3) is 0.368. The summed E-state index contributed by atoms with van der Waals surface area (Å²) in [6, 6.07) is 8.62. The van der Waals surface area contributed by atoms with E-state index >= 15 is 0 Å². The highest BCUT2D eigenvalue weighted by Crippen LogP contribution is 2.15. The maximum absolute atomic E-state index is 2.37. The average molecular weight is 410 g/mol. The van der Waals surface area contributed by atoms with E-state index in [2.05, 4.69) is 85.6 Å². The van der Waals surface area contributed by atoms with Crippen molar-refractivity contribution in [3.8, 4) is 0 Å². The maximum atomic E-state index is 2.37. The minimum absolute atomic E-state index is 0. The summed E-state index contributed by atoms with van der Waals surface area (Å²) in [6.45, 7) is 4.42. The van der Waals surface area contributed by atoms with Crippen LogP contribution in [0.25, 0.3) is 6.08 Å². The number of hydrogen-bond donors (Lipinski definition) is 0. The normalized spacial score (nSPS) is 14.0. The molecule has 0 aromatic heterocycles. The fourth-order valence-electron chi connectivity index (χ4n) is 2.27. The molecule has 1 heterocycles. The van der Waals surface area contributed by atoms with Gasteiger partial charge >= 0.3 is 0 Å². The molecule has 1 aromatic rings. The lowest BCUT2D eigenvalue weighted by molar-refractivity contribution is 0.400. The first-order valence-corrected chi connectivity index (χ1v) is 7.77. The van der Waals surface area contributed by atoms with Crippen LogP contribution in [-0.2, 0) is 0 Å². The SMILES string of the molecule is CCCCN1C=CC(/C=C/c2ccc(N(C)C)cc2)=CC1.I. The molecule has 0 aliphatic carbocycles. The molecule has 0 amide bonds. The largest absolute Gasteiger partial charge is 0.378 e. The van der Waals surface area contributed by atoms with E-state index in [1.165, 1.54) is 29.7 Å². The molecule has 120 valence electrons. The Hall–Kier alpha value is -1.23. The van der Waals surface area contributed by atoms with Crippen LogP contribution in [0.2, 0.25) is 0 Å². The Labute approximate surface area is 152 Å². The smallest absolute Gasteiger partial charge is 0.0362 e. The number of anilines is 1. The third-order valence-corrected chi connectivity index (χ3v) is 3.72. The van der Waals surface area contributed by atoms with E-state index in [-0.39, 0.29) is 24.0 Å². The number of rotatable bonds is 6. The third kappa shape index (κ3) is 5.87. The molecule has 3 heteroatoms. The first kappa shape index (κ1) is 18.8. The molecule has 0 saturated heterocycles. The topological polar surface area (TPSA) is 6.48 Å². The van der Waals surface area contributed by atoms with Gasteiger partial charge in [-0.15, -0.1) is 24.0 Å². The van der Waals surface area contributed by atoms with Crippen molar-refractivity contribution in [2.24, 2.45) is 0 Å². The molecule has 0 saturated carbocycles. The number of allylic oxidation sites excluding steroid dienone is 3. The van der Waals surface area contributed by atoms with Crippen LogP contribution in [0, 0.1) is 0 Å². The first-order valence-electron chi connectivity index (χ1n) is 7.77. The Balaban J connectivity index is 0.00000242. The lowest BCUT2D eigenvalue weighted by atomic mass is 10.1. The second-order valence-electron chi connectivity index (χ2n) is 5.69. The third-order valence-electron chi connectivity index (χ3n) is 3.72. The summed E-state index contributed by atoms with van der Waals surface area (Å²) in [5.74, 6) is 0. The van der Waals surface area contributed by atoms with Gasteiger partial charge < -0.3 is 9.80 Å². The van der Waals surface area contributed by atoms with Gasteiger partial charge in [-0.2, -0.15) is 0 Å². The molecule has 1 aromatic carbocycles. The van der Waals surface area contributed by atoms with E-state index in [1.807, 2.05) is 0 Å². The van der Waals surface area contributed by atoms with E-state index in [0.717, 1.165) is 13.1 Å². The molecule has 0 radical (unpaired) electrons. The highest BCUT2D eigenvalue weighted by atomic mass is 127. The Kier molecular flexibility index (Phi) is 8.31. The molecule has 0 N–H and O–H groups in total. The summed E-state index contributed by atoms with van der Waals surface area (Å²) in [4.78, 5) is 4.48. The van der Waals surface area contributed by atoms with Gasteiger partial charge in [0.15, 0.2) is 0 Å². The van der Waals surface area contributed by atoms with Crippen molar-refractivity contribution in [2.45, 2.75) is 19.8 Å². The van der Waals surface area contributed by atoms with E-state index in [1.54, 1.807) is 0 Å². The summed E-state index contributed by atoms with van der Waals surface area (Å²) in [5, 5.41) is 0. The van der Waals surface area contributed by atoms with Crippen LogP contribution < -0.4 is 4.90 Å². The zero-order valence-electron chi connectivity index (χ0n) is 13.8. The Bertz CT molecular complexity index is 527. The van der Waals surface area contributed by atoms with Crippen LogP contribution >= 0.6 is 24.0 Å². The van der Waals surface area contributed by atoms with Gasteiger partial charge in [0.1, 0.15) is 0 Å². The van der Waals surface area contributed by atoms with Crippen molar-refractivity contribution in [3.63, 3.8) is 0 Å². The number of hydrogen-bond acceptors (Lipinski definition) is 2. The quantitative estimate of drug-likeness (QED) is 0.613. The van der Waals surface area contributed by atoms with Gasteiger partial charge in [0.25, 0.3) is 0 Å². The van der Waals surface area contributed by atoms with Gasteiger partial charge in [-0.25, -0.2) is 0 Å². The molecule has 22 heavy (non-hydrogen) atoms. The summed E-state index contributed by atoms with van der Waals surface area (Å²) in [7, 11) is 4.12. The van der Waals surface area contributed by atoms with Crippen molar-refractivity contribution in [2.75, 3.05) is 32.1 Å². The minimum Gasteiger partial charge on any atom is -0.378 e. The molecule has 0 unspecified atom stereocenters. The molecular formula is C19H27IN2. The van der Waals surface area contributed by atoms with Crippen LogP contribution in [0.5, 0.6) is 0 Å². The zero-order chi connectivity index (χ0) is 15.1. The molecule has 0 fully saturated rings. The predicted octanol–water partition coefficient (Wildman–Crippen LogP) is 4.94. The van der Waals surface area contributed by atoms with Gasteiger partial charge in [-0.1, -0.05) is 43.7 Å². The zero-order valence-corrected chi connectivity index (χ0v) is 16.2. The van der Waals surface area contributed by atoms with Crippen molar-refractivity contribution < 1.29 is 0 Å². The van der Waals surface area contributed by atoms with Crippen molar-refractivity contribution in [1.29, 1.82) is 0 Å². The molecule has 0 atom stereocenters. The number of unbranched alkanes of at least 4 members (excludes halogenated alkanes) is 1. The second kappa shape index (κ2) is 9.72. The summed E-state index contributed by atoms with van der Waals surface area (Å²) in [6.07, 6.45) is 13.6. The first-order chi connectivity index (χ1) is 10.2. The number of nitrogens with zero attached hydrogens (tertiary/aromatic N) is 2. The highest BCUT2D eigenvalue weighted by molar-refractivity contribution is 14.0. The highest BCUT2D eigenvalue weighted by Gasteiger charge is 2.01. The van der Waals surface area contributed by atoms with Crippen molar-refractivity contribution in [1.82, 2.24) is 4.90 Å². The Morgan fingerprint density at radius 2 is 1.86 bits per heavy atom. The molecule has 2 rings (SSSR count). The van der Waals surface area contributed by atoms with Gasteiger partial charge in [0.05, 0.1) is 0 Å². The summed E-state index contributed by atoms with van der Waals surface area (Å²) >= 11 is 0. The van der Waals surface area contributed by atoms with Gasteiger partial charge in [-0.3, -0.25) is 0 Å². The lowest BCUT2D eigenvalue weighted by Crippen LogP contribution is -2.20. The van der Waals surface area contributed by atoms with Crippen LogP contribution in [0.4, 0.5) is 5.69 Å². The Morgan fingerprint density at radius 1 is 1.14 bits per heavy atom. The summed E-state index contributed by atoms with van der Waals surface area (Å²) in [5.41, 5.74) is 3.76. The molecule has 1 aliphatic heterocycles. The molecular weight excluding hydrogens is 383 g/mol. The monoisotopic (exact) mass is 410 g/mol. The minimum atomic E-state index is 0. The molecule has 2 nitrogen and oxygen atoms in total. The van der Waals surface area contributed by atoms with Crippen molar-refractivity contribution >= 4 is 35.7 Å². The van der Waals surface area contributed by atoms with Gasteiger partial charge in [0, 0.05) is 32.9 Å². The van der Waals surface area contributed by atoms with Crippen LogP contribution in [0.15, 0.2) is 54.3 Å². The van der Waals surface area contributed by atoms with Crippen molar-refractivity contribution in [3.05, 3.63) is 59.8 Å². The van der Waals surface area contributed by atoms with E-state index in [4.69, 9.17) is 0 Å².